The first-order chi connectivity index (χ1) is 7.45. The third kappa shape index (κ3) is 3.84. The summed E-state index contributed by atoms with van der Waals surface area (Å²) in [6.07, 6.45) is 1.40. The van der Waals surface area contributed by atoms with Gasteiger partial charge >= 0.3 is 0 Å². The summed E-state index contributed by atoms with van der Waals surface area (Å²) >= 11 is 4.26. The number of aliphatic hydroxyl groups is 1. The maximum Gasteiger partial charge on any atom is 0.0628 e. The molecule has 90 valence electrons. The van der Waals surface area contributed by atoms with E-state index in [2.05, 4.69) is 45.5 Å². The Morgan fingerprint density at radius 2 is 1.75 bits per heavy atom. The van der Waals surface area contributed by atoms with E-state index in [1.54, 1.807) is 0 Å². The number of hydrogen-bond donors (Lipinski definition) is 2. The van der Waals surface area contributed by atoms with Gasteiger partial charge in [0, 0.05) is 0 Å². The van der Waals surface area contributed by atoms with E-state index in [0.717, 1.165) is 18.6 Å². The number of rotatable bonds is 4. The average molecular weight is 238 g/mol. The van der Waals surface area contributed by atoms with Gasteiger partial charge in [0.1, 0.15) is 0 Å². The van der Waals surface area contributed by atoms with Crippen molar-refractivity contribution in [2.24, 2.45) is 5.41 Å². The van der Waals surface area contributed by atoms with Gasteiger partial charge in [0.05, 0.1) is 6.10 Å². The van der Waals surface area contributed by atoms with Crippen molar-refractivity contribution in [3.8, 4) is 0 Å². The zero-order valence-corrected chi connectivity index (χ0v) is 11.3. The van der Waals surface area contributed by atoms with Crippen molar-refractivity contribution in [1.82, 2.24) is 0 Å². The molecule has 0 aliphatic rings. The van der Waals surface area contributed by atoms with Gasteiger partial charge in [0.15, 0.2) is 0 Å². The Morgan fingerprint density at radius 1 is 1.19 bits per heavy atom. The van der Waals surface area contributed by atoms with E-state index in [9.17, 15) is 5.11 Å². The lowest BCUT2D eigenvalue weighted by Crippen LogP contribution is -2.28. The van der Waals surface area contributed by atoms with E-state index in [1.165, 1.54) is 11.1 Å². The summed E-state index contributed by atoms with van der Waals surface area (Å²) in [7, 11) is 0. The SMILES string of the molecule is CC(C)(C)C(O)Cc1ccccc1CCS. The minimum atomic E-state index is -0.298. The van der Waals surface area contributed by atoms with Crippen LogP contribution in [0.15, 0.2) is 24.3 Å². The van der Waals surface area contributed by atoms with Crippen LogP contribution in [0.1, 0.15) is 31.9 Å². The zero-order valence-electron chi connectivity index (χ0n) is 10.4. The normalized spacial score (nSPS) is 13.8. The molecule has 1 unspecified atom stereocenters. The van der Waals surface area contributed by atoms with Crippen LogP contribution in [0.5, 0.6) is 0 Å². The highest BCUT2D eigenvalue weighted by molar-refractivity contribution is 7.80. The smallest absolute Gasteiger partial charge is 0.0628 e. The van der Waals surface area contributed by atoms with Crippen molar-refractivity contribution >= 4 is 12.6 Å². The molecule has 0 aromatic heterocycles. The fraction of sp³-hybridized carbons (Fsp3) is 0.571. The van der Waals surface area contributed by atoms with Gasteiger partial charge in [0.2, 0.25) is 0 Å². The monoisotopic (exact) mass is 238 g/mol. The fourth-order valence-corrected chi connectivity index (χ4v) is 1.88. The zero-order chi connectivity index (χ0) is 12.2. The van der Waals surface area contributed by atoms with Gasteiger partial charge in [-0.1, -0.05) is 45.0 Å². The molecule has 0 amide bonds. The molecule has 0 aliphatic heterocycles. The summed E-state index contributed by atoms with van der Waals surface area (Å²) in [6.45, 7) is 6.21. The van der Waals surface area contributed by atoms with Crippen molar-refractivity contribution in [3.63, 3.8) is 0 Å². The van der Waals surface area contributed by atoms with E-state index >= 15 is 0 Å². The molecular formula is C14H22OS. The van der Waals surface area contributed by atoms with Crippen LogP contribution in [0.2, 0.25) is 0 Å². The van der Waals surface area contributed by atoms with Crippen molar-refractivity contribution < 1.29 is 5.11 Å². The van der Waals surface area contributed by atoms with Crippen LogP contribution in [0.25, 0.3) is 0 Å². The quantitative estimate of drug-likeness (QED) is 0.772. The highest BCUT2D eigenvalue weighted by atomic mass is 32.1. The average Bonchev–Trinajstić information content (AvgIpc) is 2.20. The van der Waals surface area contributed by atoms with Gasteiger partial charge in [-0.25, -0.2) is 0 Å². The molecule has 0 saturated heterocycles. The van der Waals surface area contributed by atoms with Crippen LogP contribution in [0.4, 0.5) is 0 Å². The second-order valence-corrected chi connectivity index (χ2v) is 5.78. The van der Waals surface area contributed by atoms with E-state index in [1.807, 2.05) is 12.1 Å². The summed E-state index contributed by atoms with van der Waals surface area (Å²) in [4.78, 5) is 0. The van der Waals surface area contributed by atoms with Crippen LogP contribution in [-0.2, 0) is 12.8 Å². The van der Waals surface area contributed by atoms with E-state index in [4.69, 9.17) is 0 Å². The Bertz CT molecular complexity index is 328. The molecule has 0 spiro atoms. The standard InChI is InChI=1S/C14H22OS/c1-14(2,3)13(15)10-12-7-5-4-6-11(12)8-9-16/h4-7,13,15-16H,8-10H2,1-3H3. The predicted octanol–water partition coefficient (Wildman–Crippen LogP) is 3.11. The maximum atomic E-state index is 10.1. The second kappa shape index (κ2) is 5.74. The highest BCUT2D eigenvalue weighted by Gasteiger charge is 2.22. The summed E-state index contributed by atoms with van der Waals surface area (Å²) in [6, 6.07) is 8.31. The molecule has 0 heterocycles. The fourth-order valence-electron chi connectivity index (χ4n) is 1.64. The molecule has 0 radical (unpaired) electrons. The molecule has 0 saturated carbocycles. The Hall–Kier alpha value is -0.470. The van der Waals surface area contributed by atoms with Crippen LogP contribution < -0.4 is 0 Å². The first kappa shape index (κ1) is 13.6. The van der Waals surface area contributed by atoms with Gasteiger partial charge in [0.25, 0.3) is 0 Å². The van der Waals surface area contributed by atoms with Crippen molar-refractivity contribution in [2.75, 3.05) is 5.75 Å². The van der Waals surface area contributed by atoms with Crippen molar-refractivity contribution in [3.05, 3.63) is 35.4 Å². The van der Waals surface area contributed by atoms with Gasteiger partial charge < -0.3 is 5.11 Å². The molecule has 1 nitrogen and oxygen atoms in total. The predicted molar refractivity (Wildman–Crippen MR) is 73.2 cm³/mol. The molecule has 1 rings (SSSR count). The first-order valence-corrected chi connectivity index (χ1v) is 6.44. The lowest BCUT2D eigenvalue weighted by atomic mass is 9.84. The van der Waals surface area contributed by atoms with Gasteiger partial charge in [-0.05, 0) is 35.1 Å². The largest absolute Gasteiger partial charge is 0.392 e. The Morgan fingerprint density at radius 3 is 2.25 bits per heavy atom. The molecule has 1 aromatic rings. The van der Waals surface area contributed by atoms with Crippen LogP contribution in [0.3, 0.4) is 0 Å². The minimum Gasteiger partial charge on any atom is -0.392 e. The molecular weight excluding hydrogens is 216 g/mol. The first-order valence-electron chi connectivity index (χ1n) is 5.81. The summed E-state index contributed by atoms with van der Waals surface area (Å²) in [5.41, 5.74) is 2.49. The molecule has 0 bridgehead atoms. The molecule has 2 heteroatoms. The maximum absolute atomic E-state index is 10.1. The summed E-state index contributed by atoms with van der Waals surface area (Å²) < 4.78 is 0. The number of aryl methyl sites for hydroxylation is 1. The number of hydrogen-bond acceptors (Lipinski definition) is 2. The topological polar surface area (TPSA) is 20.2 Å². The number of benzene rings is 1. The van der Waals surface area contributed by atoms with E-state index < -0.39 is 0 Å². The summed E-state index contributed by atoms with van der Waals surface area (Å²) in [5, 5.41) is 10.1. The molecule has 1 N–H and O–H groups in total. The highest BCUT2D eigenvalue weighted by Crippen LogP contribution is 2.23. The molecule has 0 fully saturated rings. The number of aliphatic hydroxyl groups excluding tert-OH is 1. The molecule has 16 heavy (non-hydrogen) atoms. The Kier molecular flexibility index (Phi) is 4.88. The van der Waals surface area contributed by atoms with Gasteiger partial charge in [-0.3, -0.25) is 0 Å². The summed E-state index contributed by atoms with van der Waals surface area (Å²) in [5.74, 6) is 0.850. The van der Waals surface area contributed by atoms with Gasteiger partial charge in [-0.15, -0.1) is 0 Å². The second-order valence-electron chi connectivity index (χ2n) is 5.33. The van der Waals surface area contributed by atoms with Crippen LogP contribution in [-0.4, -0.2) is 17.0 Å². The third-order valence-corrected chi connectivity index (χ3v) is 3.14. The van der Waals surface area contributed by atoms with E-state index in [0.29, 0.717) is 0 Å². The third-order valence-electron chi connectivity index (χ3n) is 2.91. The molecule has 0 aliphatic carbocycles. The van der Waals surface area contributed by atoms with Crippen LogP contribution >= 0.6 is 12.6 Å². The lowest BCUT2D eigenvalue weighted by molar-refractivity contribution is 0.0634. The van der Waals surface area contributed by atoms with Crippen molar-refractivity contribution in [2.45, 2.75) is 39.7 Å². The van der Waals surface area contributed by atoms with Crippen molar-refractivity contribution in [1.29, 1.82) is 0 Å². The lowest BCUT2D eigenvalue weighted by Gasteiger charge is -2.26. The number of thiol groups is 1. The van der Waals surface area contributed by atoms with Crippen LogP contribution in [0, 0.1) is 5.41 Å². The Labute approximate surface area is 104 Å². The van der Waals surface area contributed by atoms with Gasteiger partial charge in [-0.2, -0.15) is 12.6 Å². The Balaban J connectivity index is 2.80. The molecule has 1 aromatic carbocycles. The van der Waals surface area contributed by atoms with E-state index in [-0.39, 0.29) is 11.5 Å². The molecule has 1 atom stereocenters. The minimum absolute atomic E-state index is 0.0614.